The van der Waals surface area contributed by atoms with Crippen molar-refractivity contribution in [3.63, 3.8) is 0 Å². The second-order valence-corrected chi connectivity index (χ2v) is 7.17. The van der Waals surface area contributed by atoms with E-state index in [0.717, 1.165) is 35.9 Å². The van der Waals surface area contributed by atoms with Crippen LogP contribution in [0.15, 0.2) is 29.6 Å². The smallest absolute Gasteiger partial charge is 0.226 e. The molecule has 2 aromatic rings. The van der Waals surface area contributed by atoms with Crippen molar-refractivity contribution in [2.24, 2.45) is 0 Å². The largest absolute Gasteiger partial charge is 0.352 e. The lowest BCUT2D eigenvalue weighted by Crippen LogP contribution is -2.24. The molecule has 1 aliphatic heterocycles. The molecular formula is C17H20ClN3OS. The van der Waals surface area contributed by atoms with Crippen LogP contribution in [0.4, 0.5) is 0 Å². The Labute approximate surface area is 145 Å². The number of nitrogens with zero attached hydrogens (tertiary/aromatic N) is 2. The molecule has 1 saturated heterocycles. The fraction of sp³-hybridized carbons (Fsp3) is 0.412. The number of carbonyl (C=O) groups is 1. The molecule has 3 rings (SSSR count). The van der Waals surface area contributed by atoms with Gasteiger partial charge in [-0.05, 0) is 43.6 Å². The average Bonchev–Trinajstić information content (AvgIpc) is 3.19. The molecule has 2 heterocycles. The van der Waals surface area contributed by atoms with Crippen LogP contribution in [-0.2, 0) is 24.3 Å². The maximum absolute atomic E-state index is 12.0. The lowest BCUT2D eigenvalue weighted by atomic mass is 10.2. The number of benzene rings is 1. The highest BCUT2D eigenvalue weighted by molar-refractivity contribution is 7.09. The maximum atomic E-state index is 12.0. The fourth-order valence-corrected chi connectivity index (χ4v) is 3.63. The minimum atomic E-state index is -0.00188. The van der Waals surface area contributed by atoms with Gasteiger partial charge in [-0.25, -0.2) is 4.98 Å². The van der Waals surface area contributed by atoms with E-state index < -0.39 is 0 Å². The van der Waals surface area contributed by atoms with Gasteiger partial charge in [0.2, 0.25) is 5.91 Å². The van der Waals surface area contributed by atoms with Gasteiger partial charge in [-0.3, -0.25) is 9.69 Å². The van der Waals surface area contributed by atoms with Crippen molar-refractivity contribution in [1.29, 1.82) is 0 Å². The van der Waals surface area contributed by atoms with E-state index in [0.29, 0.717) is 18.0 Å². The summed E-state index contributed by atoms with van der Waals surface area (Å²) < 4.78 is 0. The lowest BCUT2D eigenvalue weighted by Gasteiger charge is -2.11. The minimum absolute atomic E-state index is 0.00188. The molecule has 122 valence electrons. The molecule has 0 radical (unpaired) electrons. The van der Waals surface area contributed by atoms with E-state index >= 15 is 0 Å². The van der Waals surface area contributed by atoms with Crippen molar-refractivity contribution in [3.05, 3.63) is 50.9 Å². The molecule has 0 saturated carbocycles. The van der Waals surface area contributed by atoms with E-state index in [4.69, 9.17) is 11.6 Å². The highest BCUT2D eigenvalue weighted by atomic mass is 35.5. The van der Waals surface area contributed by atoms with Gasteiger partial charge in [0.05, 0.1) is 18.7 Å². The summed E-state index contributed by atoms with van der Waals surface area (Å²) in [5.74, 6) is -0.00188. The zero-order valence-corrected chi connectivity index (χ0v) is 14.5. The molecule has 6 heteroatoms. The van der Waals surface area contributed by atoms with Crippen molar-refractivity contribution in [3.8, 4) is 0 Å². The first-order valence-electron chi connectivity index (χ1n) is 7.86. The van der Waals surface area contributed by atoms with Crippen molar-refractivity contribution in [1.82, 2.24) is 15.2 Å². The van der Waals surface area contributed by atoms with Crippen LogP contribution in [0.25, 0.3) is 0 Å². The summed E-state index contributed by atoms with van der Waals surface area (Å²) >= 11 is 7.49. The minimum Gasteiger partial charge on any atom is -0.352 e. The number of rotatable bonds is 6. The highest BCUT2D eigenvalue weighted by Crippen LogP contribution is 2.16. The van der Waals surface area contributed by atoms with Crippen LogP contribution in [0.2, 0.25) is 5.02 Å². The SMILES string of the molecule is O=C(Cc1csc(CN2CCCC2)n1)NCc1ccc(Cl)cc1. The summed E-state index contributed by atoms with van der Waals surface area (Å²) in [6.45, 7) is 3.75. The number of nitrogens with one attached hydrogen (secondary N) is 1. The molecule has 0 atom stereocenters. The zero-order chi connectivity index (χ0) is 16.1. The van der Waals surface area contributed by atoms with Crippen molar-refractivity contribution in [2.75, 3.05) is 13.1 Å². The van der Waals surface area contributed by atoms with E-state index in [9.17, 15) is 4.79 Å². The second kappa shape index (κ2) is 7.90. The Balaban J connectivity index is 1.45. The van der Waals surface area contributed by atoms with Gasteiger partial charge in [0.1, 0.15) is 5.01 Å². The van der Waals surface area contributed by atoms with E-state index in [1.807, 2.05) is 29.6 Å². The summed E-state index contributed by atoms with van der Waals surface area (Å²) in [6, 6.07) is 7.49. The molecule has 1 amide bonds. The first-order chi connectivity index (χ1) is 11.2. The molecule has 1 fully saturated rings. The number of hydrogen-bond acceptors (Lipinski definition) is 4. The van der Waals surface area contributed by atoms with Gasteiger partial charge in [0, 0.05) is 16.9 Å². The van der Waals surface area contributed by atoms with Crippen LogP contribution in [0.5, 0.6) is 0 Å². The molecule has 0 spiro atoms. The van der Waals surface area contributed by atoms with Gasteiger partial charge in [-0.1, -0.05) is 23.7 Å². The van der Waals surface area contributed by atoms with Crippen molar-refractivity contribution in [2.45, 2.75) is 32.4 Å². The third-order valence-corrected chi connectivity index (χ3v) is 5.04. The number of amides is 1. The van der Waals surface area contributed by atoms with E-state index in [1.165, 1.54) is 12.8 Å². The maximum Gasteiger partial charge on any atom is 0.226 e. The summed E-state index contributed by atoms with van der Waals surface area (Å²) in [5, 5.41) is 6.72. The lowest BCUT2D eigenvalue weighted by molar-refractivity contribution is -0.120. The zero-order valence-electron chi connectivity index (χ0n) is 12.9. The van der Waals surface area contributed by atoms with Crippen LogP contribution in [0.3, 0.4) is 0 Å². The van der Waals surface area contributed by atoms with Gasteiger partial charge >= 0.3 is 0 Å². The molecule has 1 N–H and O–H groups in total. The summed E-state index contributed by atoms with van der Waals surface area (Å²) in [6.07, 6.45) is 2.90. The second-order valence-electron chi connectivity index (χ2n) is 5.80. The number of hydrogen-bond donors (Lipinski definition) is 1. The predicted molar refractivity (Wildman–Crippen MR) is 93.6 cm³/mol. The predicted octanol–water partition coefficient (Wildman–Crippen LogP) is 3.25. The topological polar surface area (TPSA) is 45.2 Å². The highest BCUT2D eigenvalue weighted by Gasteiger charge is 2.14. The van der Waals surface area contributed by atoms with E-state index in [-0.39, 0.29) is 5.91 Å². The molecule has 1 aromatic carbocycles. The Morgan fingerprint density at radius 2 is 2.00 bits per heavy atom. The summed E-state index contributed by atoms with van der Waals surface area (Å²) in [7, 11) is 0. The normalized spacial score (nSPS) is 15.0. The Hall–Kier alpha value is -1.43. The van der Waals surface area contributed by atoms with Crippen LogP contribution in [0.1, 0.15) is 29.1 Å². The molecule has 23 heavy (non-hydrogen) atoms. The van der Waals surface area contributed by atoms with E-state index in [2.05, 4.69) is 15.2 Å². The summed E-state index contributed by atoms with van der Waals surface area (Å²) in [4.78, 5) is 19.0. The average molecular weight is 350 g/mol. The Morgan fingerprint density at radius 1 is 1.26 bits per heavy atom. The van der Waals surface area contributed by atoms with Crippen LogP contribution in [-0.4, -0.2) is 28.9 Å². The molecule has 0 aliphatic carbocycles. The number of thiazole rings is 1. The number of likely N-dealkylation sites (tertiary alicyclic amines) is 1. The van der Waals surface area contributed by atoms with Crippen molar-refractivity contribution < 1.29 is 4.79 Å². The standard InChI is InChI=1S/C17H20ClN3OS/c18-14-5-3-13(4-6-14)10-19-16(22)9-15-12-23-17(20-15)11-21-7-1-2-8-21/h3-6,12H,1-2,7-11H2,(H,19,22). The third kappa shape index (κ3) is 5.03. The first kappa shape index (κ1) is 16.4. The quantitative estimate of drug-likeness (QED) is 0.870. The Morgan fingerprint density at radius 3 is 2.74 bits per heavy atom. The molecular weight excluding hydrogens is 330 g/mol. The van der Waals surface area contributed by atoms with Gasteiger partial charge in [-0.2, -0.15) is 0 Å². The van der Waals surface area contributed by atoms with Gasteiger partial charge in [0.25, 0.3) is 0 Å². The fourth-order valence-electron chi connectivity index (χ4n) is 2.66. The molecule has 4 nitrogen and oxygen atoms in total. The molecule has 1 aromatic heterocycles. The number of carbonyl (C=O) groups excluding carboxylic acids is 1. The van der Waals surface area contributed by atoms with Crippen LogP contribution < -0.4 is 5.32 Å². The molecule has 0 bridgehead atoms. The van der Waals surface area contributed by atoms with E-state index in [1.54, 1.807) is 11.3 Å². The van der Waals surface area contributed by atoms with Crippen molar-refractivity contribution >= 4 is 28.8 Å². The molecule has 0 unspecified atom stereocenters. The Kier molecular flexibility index (Phi) is 5.65. The number of halogens is 1. The van der Waals surface area contributed by atoms with Gasteiger partial charge < -0.3 is 5.32 Å². The monoisotopic (exact) mass is 349 g/mol. The Bertz CT molecular complexity index is 650. The summed E-state index contributed by atoms with van der Waals surface area (Å²) in [5.41, 5.74) is 1.90. The van der Waals surface area contributed by atoms with Crippen LogP contribution >= 0.6 is 22.9 Å². The van der Waals surface area contributed by atoms with Gasteiger partial charge in [0.15, 0.2) is 0 Å². The third-order valence-electron chi connectivity index (χ3n) is 3.90. The molecule has 1 aliphatic rings. The number of aromatic nitrogens is 1. The van der Waals surface area contributed by atoms with Crippen LogP contribution in [0, 0.1) is 0 Å². The first-order valence-corrected chi connectivity index (χ1v) is 9.11. The van der Waals surface area contributed by atoms with Gasteiger partial charge in [-0.15, -0.1) is 11.3 Å².